The molecule has 0 saturated heterocycles. The highest BCUT2D eigenvalue weighted by Crippen LogP contribution is 2.30. The molecule has 8 nitrogen and oxygen atoms in total. The Morgan fingerprint density at radius 3 is 2.27 bits per heavy atom. The van der Waals surface area contributed by atoms with Crippen molar-refractivity contribution in [1.29, 1.82) is 0 Å². The van der Waals surface area contributed by atoms with Gasteiger partial charge in [-0.05, 0) is 55.2 Å². The summed E-state index contributed by atoms with van der Waals surface area (Å²) >= 11 is 0. The molecular formula is C25H27F3N4O4S. The molecule has 0 aromatic heterocycles. The van der Waals surface area contributed by atoms with E-state index >= 15 is 0 Å². The highest BCUT2D eigenvalue weighted by molar-refractivity contribution is 7.88. The van der Waals surface area contributed by atoms with Gasteiger partial charge >= 0.3 is 6.03 Å². The van der Waals surface area contributed by atoms with Crippen molar-refractivity contribution in [2.24, 2.45) is 0 Å². The predicted octanol–water partition coefficient (Wildman–Crippen LogP) is 3.60. The number of carbonyl (C=O) groups excluding carboxylic acids is 2. The molecule has 2 aliphatic rings. The molecule has 2 N–H and O–H groups in total. The Balaban J connectivity index is 1.36. The zero-order valence-electron chi connectivity index (χ0n) is 20.6. The van der Waals surface area contributed by atoms with Gasteiger partial charge in [-0.3, -0.25) is 4.79 Å². The molecule has 0 spiro atoms. The summed E-state index contributed by atoms with van der Waals surface area (Å²) in [7, 11) is -3.55. The molecule has 198 valence electrons. The van der Waals surface area contributed by atoms with Crippen LogP contribution >= 0.6 is 0 Å². The number of fused-ring (bicyclic) bond motifs is 1. The van der Waals surface area contributed by atoms with Crippen molar-refractivity contribution >= 4 is 33.2 Å². The number of benzene rings is 2. The van der Waals surface area contributed by atoms with Crippen molar-refractivity contribution in [2.45, 2.75) is 38.9 Å². The monoisotopic (exact) mass is 536 g/mol. The molecule has 0 aliphatic carbocycles. The van der Waals surface area contributed by atoms with E-state index in [-0.39, 0.29) is 30.1 Å². The fraction of sp³-hybridized carbons (Fsp3) is 0.360. The molecule has 0 unspecified atom stereocenters. The Bertz CT molecular complexity index is 1390. The Morgan fingerprint density at radius 2 is 1.68 bits per heavy atom. The first-order chi connectivity index (χ1) is 17.2. The van der Waals surface area contributed by atoms with Crippen LogP contribution in [0.15, 0.2) is 36.4 Å². The first-order valence-electron chi connectivity index (χ1n) is 11.5. The van der Waals surface area contributed by atoms with Gasteiger partial charge in [0.1, 0.15) is 5.54 Å². The van der Waals surface area contributed by atoms with E-state index in [0.29, 0.717) is 25.2 Å². The number of nitrogens with zero attached hydrogens (tertiary/aromatic N) is 2. The van der Waals surface area contributed by atoms with Gasteiger partial charge in [-0.15, -0.1) is 0 Å². The fourth-order valence-electron chi connectivity index (χ4n) is 4.58. The van der Waals surface area contributed by atoms with Crippen molar-refractivity contribution in [3.8, 4) is 0 Å². The van der Waals surface area contributed by atoms with Crippen molar-refractivity contribution in [3.63, 3.8) is 0 Å². The van der Waals surface area contributed by atoms with Crippen LogP contribution in [0.3, 0.4) is 0 Å². The second-order valence-corrected chi connectivity index (χ2v) is 11.5. The Labute approximate surface area is 213 Å². The molecule has 2 heterocycles. The lowest BCUT2D eigenvalue weighted by atomic mass is 9.97. The van der Waals surface area contributed by atoms with E-state index in [4.69, 9.17) is 0 Å². The number of anilines is 1. The molecule has 37 heavy (non-hydrogen) atoms. The third-order valence-electron chi connectivity index (χ3n) is 6.33. The largest absolute Gasteiger partial charge is 0.337 e. The lowest BCUT2D eigenvalue weighted by molar-refractivity contribution is -0.135. The average Bonchev–Trinajstić information content (AvgIpc) is 3.25. The van der Waals surface area contributed by atoms with Gasteiger partial charge in [0, 0.05) is 30.9 Å². The molecule has 2 aliphatic heterocycles. The quantitative estimate of drug-likeness (QED) is 0.571. The minimum Gasteiger partial charge on any atom is -0.337 e. The van der Waals surface area contributed by atoms with Crippen LogP contribution in [-0.4, -0.2) is 55.0 Å². The highest BCUT2D eigenvalue weighted by atomic mass is 32.2. The number of rotatable bonds is 5. The highest BCUT2D eigenvalue weighted by Gasteiger charge is 2.35. The molecule has 2 aromatic rings. The number of nitrogens with one attached hydrogen (secondary N) is 2. The van der Waals surface area contributed by atoms with Gasteiger partial charge in [-0.1, -0.05) is 18.2 Å². The average molecular weight is 537 g/mol. The van der Waals surface area contributed by atoms with Crippen LogP contribution in [0.1, 0.15) is 37.0 Å². The summed E-state index contributed by atoms with van der Waals surface area (Å²) in [6, 6.07) is 7.42. The Hall–Kier alpha value is -3.38. The number of hydrogen-bond donors (Lipinski definition) is 2. The van der Waals surface area contributed by atoms with E-state index in [0.717, 1.165) is 23.5 Å². The lowest BCUT2D eigenvalue weighted by Crippen LogP contribution is -2.56. The summed E-state index contributed by atoms with van der Waals surface area (Å²) in [5.74, 6) is -4.42. The third kappa shape index (κ3) is 5.80. The van der Waals surface area contributed by atoms with Crippen molar-refractivity contribution in [3.05, 3.63) is 70.5 Å². The maximum Gasteiger partial charge on any atom is 0.322 e. The predicted molar refractivity (Wildman–Crippen MR) is 132 cm³/mol. The van der Waals surface area contributed by atoms with E-state index in [1.54, 1.807) is 17.0 Å². The van der Waals surface area contributed by atoms with E-state index in [2.05, 4.69) is 10.0 Å². The van der Waals surface area contributed by atoms with Crippen molar-refractivity contribution in [2.75, 3.05) is 24.7 Å². The van der Waals surface area contributed by atoms with Gasteiger partial charge in [-0.2, -0.15) is 0 Å². The molecule has 0 atom stereocenters. The van der Waals surface area contributed by atoms with Gasteiger partial charge in [0.2, 0.25) is 15.9 Å². The van der Waals surface area contributed by atoms with Crippen LogP contribution in [0.2, 0.25) is 0 Å². The number of sulfonamides is 1. The van der Waals surface area contributed by atoms with Crippen LogP contribution in [0.4, 0.5) is 23.7 Å². The molecule has 0 fully saturated rings. The van der Waals surface area contributed by atoms with Crippen molar-refractivity contribution < 1.29 is 31.2 Å². The minimum absolute atomic E-state index is 0.0309. The fourth-order valence-corrected chi connectivity index (χ4v) is 5.59. The van der Waals surface area contributed by atoms with Gasteiger partial charge in [0.25, 0.3) is 0 Å². The topological polar surface area (TPSA) is 98.8 Å². The zero-order valence-corrected chi connectivity index (χ0v) is 21.4. The van der Waals surface area contributed by atoms with Crippen molar-refractivity contribution in [1.82, 2.24) is 14.5 Å². The molecule has 0 bridgehead atoms. The molecule has 2 aromatic carbocycles. The zero-order chi connectivity index (χ0) is 27.1. The summed E-state index contributed by atoms with van der Waals surface area (Å²) < 4.78 is 66.5. The van der Waals surface area contributed by atoms with Crippen LogP contribution in [0.25, 0.3) is 5.57 Å². The maximum atomic E-state index is 14.0. The first-order valence-corrected chi connectivity index (χ1v) is 13.4. The summed E-state index contributed by atoms with van der Waals surface area (Å²) in [5.41, 5.74) is 1.34. The van der Waals surface area contributed by atoms with Crippen LogP contribution < -0.4 is 10.0 Å². The molecule has 0 radical (unpaired) electrons. The molecule has 12 heteroatoms. The molecule has 0 saturated carbocycles. The van der Waals surface area contributed by atoms with Gasteiger partial charge < -0.3 is 15.1 Å². The lowest BCUT2D eigenvalue weighted by Gasteiger charge is -2.34. The number of halogens is 3. The van der Waals surface area contributed by atoms with E-state index in [1.807, 2.05) is 18.2 Å². The number of carbonyl (C=O) groups is 2. The second-order valence-electron chi connectivity index (χ2n) is 9.72. The number of amides is 3. The normalized spacial score (nSPS) is 15.9. The molecule has 3 amide bonds. The Kier molecular flexibility index (Phi) is 7.08. The third-order valence-corrected chi connectivity index (χ3v) is 7.21. The summed E-state index contributed by atoms with van der Waals surface area (Å²) in [6.45, 7) is 3.60. The number of hydrogen-bond acceptors (Lipinski definition) is 4. The van der Waals surface area contributed by atoms with E-state index in [9.17, 15) is 31.2 Å². The molecule has 4 rings (SSSR count). The SMILES string of the molecule is CC(C)(NS(C)(=O)=O)C(=O)N1CC=C(c2ccc(NC(=O)N3Cc4cc(F)c(F)c(F)c4C3)cc2)CC1. The first kappa shape index (κ1) is 26.7. The smallest absolute Gasteiger partial charge is 0.322 e. The number of urea groups is 1. The standard InChI is InChI=1S/C25H27F3N4O4S/c1-25(2,30-37(3,35)36)23(33)31-10-8-16(9-11-31)15-4-6-18(7-5-15)29-24(34)32-13-17-12-20(26)22(28)21(27)19(17)14-32/h4-8,12,30H,9-11,13-14H2,1-3H3,(H,29,34). The summed E-state index contributed by atoms with van der Waals surface area (Å²) in [4.78, 5) is 28.3. The second kappa shape index (κ2) is 9.82. The summed E-state index contributed by atoms with van der Waals surface area (Å²) in [5, 5.41) is 2.70. The van der Waals surface area contributed by atoms with E-state index < -0.39 is 39.0 Å². The Morgan fingerprint density at radius 1 is 1.00 bits per heavy atom. The van der Waals surface area contributed by atoms with Crippen LogP contribution in [-0.2, 0) is 27.9 Å². The van der Waals surface area contributed by atoms with Gasteiger partial charge in [-0.25, -0.2) is 31.1 Å². The van der Waals surface area contributed by atoms with Gasteiger partial charge in [0.15, 0.2) is 17.5 Å². The maximum absolute atomic E-state index is 14.0. The summed E-state index contributed by atoms with van der Waals surface area (Å²) in [6.07, 6.45) is 3.48. The van der Waals surface area contributed by atoms with E-state index in [1.165, 1.54) is 18.7 Å². The van der Waals surface area contributed by atoms with Crippen LogP contribution in [0.5, 0.6) is 0 Å². The molecular weight excluding hydrogens is 509 g/mol. The minimum atomic E-state index is -3.55. The van der Waals surface area contributed by atoms with Gasteiger partial charge in [0.05, 0.1) is 12.8 Å². The van der Waals surface area contributed by atoms with Crippen LogP contribution in [0, 0.1) is 17.5 Å².